The molecule has 0 spiro atoms. The topological polar surface area (TPSA) is 35.5 Å². The number of para-hydroxylation sites is 1. The third-order valence-electron chi connectivity index (χ3n) is 2.99. The summed E-state index contributed by atoms with van der Waals surface area (Å²) in [7, 11) is 0. The predicted octanol–water partition coefficient (Wildman–Crippen LogP) is 4.97. The van der Waals surface area contributed by atoms with E-state index in [1.165, 1.54) is 5.57 Å². The van der Waals surface area contributed by atoms with Gasteiger partial charge in [0.25, 0.3) is 0 Å². The fourth-order valence-corrected chi connectivity index (χ4v) is 1.76. The first-order valence-corrected chi connectivity index (χ1v) is 7.11. The summed E-state index contributed by atoms with van der Waals surface area (Å²) in [6, 6.07) is 8.95. The SMILES string of the molecule is CC(C)=CCCC(C)CCOC(=O)Oc1ccccc1. The van der Waals surface area contributed by atoms with Crippen molar-refractivity contribution in [2.24, 2.45) is 5.92 Å². The quantitative estimate of drug-likeness (QED) is 0.400. The number of carbonyl (C=O) groups excluding carboxylic acids is 1. The molecule has 1 unspecified atom stereocenters. The van der Waals surface area contributed by atoms with Crippen molar-refractivity contribution in [3.05, 3.63) is 42.0 Å². The molecular formula is C17H24O3. The monoisotopic (exact) mass is 276 g/mol. The molecule has 1 rings (SSSR count). The van der Waals surface area contributed by atoms with Crippen LogP contribution in [0.2, 0.25) is 0 Å². The van der Waals surface area contributed by atoms with Crippen molar-refractivity contribution < 1.29 is 14.3 Å². The molecule has 20 heavy (non-hydrogen) atoms. The van der Waals surface area contributed by atoms with E-state index in [4.69, 9.17) is 9.47 Å². The van der Waals surface area contributed by atoms with Crippen molar-refractivity contribution in [2.75, 3.05) is 6.61 Å². The van der Waals surface area contributed by atoms with Gasteiger partial charge in [-0.1, -0.05) is 36.8 Å². The van der Waals surface area contributed by atoms with Crippen LogP contribution in [0.3, 0.4) is 0 Å². The van der Waals surface area contributed by atoms with Crippen LogP contribution in [-0.4, -0.2) is 12.8 Å². The van der Waals surface area contributed by atoms with Crippen molar-refractivity contribution >= 4 is 6.16 Å². The van der Waals surface area contributed by atoms with Crippen molar-refractivity contribution in [1.29, 1.82) is 0 Å². The first-order valence-electron chi connectivity index (χ1n) is 7.11. The highest BCUT2D eigenvalue weighted by atomic mass is 16.7. The molecule has 0 N–H and O–H groups in total. The Hall–Kier alpha value is -1.77. The highest BCUT2D eigenvalue weighted by molar-refractivity contribution is 5.63. The third kappa shape index (κ3) is 7.62. The fraction of sp³-hybridized carbons (Fsp3) is 0.471. The van der Waals surface area contributed by atoms with Gasteiger partial charge >= 0.3 is 6.16 Å². The number of allylic oxidation sites excluding steroid dienone is 2. The van der Waals surface area contributed by atoms with Gasteiger partial charge < -0.3 is 9.47 Å². The van der Waals surface area contributed by atoms with Gasteiger partial charge in [-0.2, -0.15) is 0 Å². The molecule has 0 aliphatic heterocycles. The lowest BCUT2D eigenvalue weighted by atomic mass is 10.0. The highest BCUT2D eigenvalue weighted by Crippen LogP contribution is 2.13. The Morgan fingerprint density at radius 3 is 2.55 bits per heavy atom. The molecule has 0 fully saturated rings. The lowest BCUT2D eigenvalue weighted by Gasteiger charge is -2.10. The summed E-state index contributed by atoms with van der Waals surface area (Å²) in [6.07, 6.45) is 4.66. The Labute approximate surface area is 121 Å². The molecule has 0 bridgehead atoms. The minimum atomic E-state index is -0.632. The smallest absolute Gasteiger partial charge is 0.434 e. The highest BCUT2D eigenvalue weighted by Gasteiger charge is 2.07. The molecule has 110 valence electrons. The number of benzene rings is 1. The van der Waals surface area contributed by atoms with E-state index in [1.807, 2.05) is 18.2 Å². The average molecular weight is 276 g/mol. The largest absolute Gasteiger partial charge is 0.513 e. The zero-order valence-electron chi connectivity index (χ0n) is 12.6. The molecule has 3 heteroatoms. The Morgan fingerprint density at radius 1 is 1.20 bits per heavy atom. The molecule has 3 nitrogen and oxygen atoms in total. The first-order chi connectivity index (χ1) is 9.58. The lowest BCUT2D eigenvalue weighted by molar-refractivity contribution is 0.0938. The molecule has 0 aliphatic rings. The summed E-state index contributed by atoms with van der Waals surface area (Å²) >= 11 is 0. The van der Waals surface area contributed by atoms with E-state index in [1.54, 1.807) is 12.1 Å². The van der Waals surface area contributed by atoms with E-state index in [2.05, 4.69) is 26.8 Å². The normalized spacial score (nSPS) is 11.6. The molecule has 0 radical (unpaired) electrons. The van der Waals surface area contributed by atoms with E-state index in [-0.39, 0.29) is 0 Å². The molecule has 1 aromatic rings. The Kier molecular flexibility index (Phi) is 7.48. The molecule has 0 aliphatic carbocycles. The summed E-state index contributed by atoms with van der Waals surface area (Å²) in [5.74, 6) is 1.05. The van der Waals surface area contributed by atoms with Crippen LogP contribution in [0.1, 0.15) is 40.0 Å². The second kappa shape index (κ2) is 9.18. The summed E-state index contributed by atoms with van der Waals surface area (Å²) in [5, 5.41) is 0. The molecule has 1 aromatic carbocycles. The minimum absolute atomic E-state index is 0.404. The molecule has 0 amide bonds. The number of hydrogen-bond acceptors (Lipinski definition) is 3. The van der Waals surface area contributed by atoms with Gasteiger partial charge in [0.2, 0.25) is 0 Å². The number of rotatable bonds is 7. The zero-order valence-corrected chi connectivity index (χ0v) is 12.6. The molecule has 0 aromatic heterocycles. The lowest BCUT2D eigenvalue weighted by Crippen LogP contribution is -2.13. The van der Waals surface area contributed by atoms with Crippen LogP contribution in [0.25, 0.3) is 0 Å². The van der Waals surface area contributed by atoms with Gasteiger partial charge in [-0.05, 0) is 51.2 Å². The van der Waals surface area contributed by atoms with Crippen LogP contribution < -0.4 is 4.74 Å². The van der Waals surface area contributed by atoms with Gasteiger partial charge in [-0.3, -0.25) is 0 Å². The van der Waals surface area contributed by atoms with E-state index in [0.29, 0.717) is 18.3 Å². The van der Waals surface area contributed by atoms with Crippen molar-refractivity contribution in [1.82, 2.24) is 0 Å². The van der Waals surface area contributed by atoms with Crippen molar-refractivity contribution in [3.8, 4) is 5.75 Å². The van der Waals surface area contributed by atoms with E-state index >= 15 is 0 Å². The van der Waals surface area contributed by atoms with Crippen LogP contribution in [0.4, 0.5) is 4.79 Å². The standard InChI is InChI=1S/C17H24O3/c1-14(2)8-7-9-15(3)12-13-19-17(18)20-16-10-5-4-6-11-16/h4-6,8,10-11,15H,7,9,12-13H2,1-3H3. The predicted molar refractivity (Wildman–Crippen MR) is 80.9 cm³/mol. The van der Waals surface area contributed by atoms with E-state index in [0.717, 1.165) is 19.3 Å². The van der Waals surface area contributed by atoms with Crippen LogP contribution in [-0.2, 0) is 4.74 Å². The first kappa shape index (κ1) is 16.3. The maximum Gasteiger partial charge on any atom is 0.513 e. The van der Waals surface area contributed by atoms with Crippen LogP contribution in [0.5, 0.6) is 5.75 Å². The number of carbonyl (C=O) groups is 1. The Balaban J connectivity index is 2.14. The Morgan fingerprint density at radius 2 is 1.90 bits per heavy atom. The third-order valence-corrected chi connectivity index (χ3v) is 2.99. The van der Waals surface area contributed by atoms with Gasteiger partial charge in [0, 0.05) is 0 Å². The number of hydrogen-bond donors (Lipinski definition) is 0. The molecule has 0 saturated heterocycles. The molecule has 1 atom stereocenters. The number of ether oxygens (including phenoxy) is 2. The van der Waals surface area contributed by atoms with Gasteiger partial charge in [0.1, 0.15) is 5.75 Å². The van der Waals surface area contributed by atoms with Gasteiger partial charge in [0.15, 0.2) is 0 Å². The van der Waals surface area contributed by atoms with Crippen molar-refractivity contribution in [3.63, 3.8) is 0 Å². The summed E-state index contributed by atoms with van der Waals surface area (Å²) < 4.78 is 10.1. The summed E-state index contributed by atoms with van der Waals surface area (Å²) in [4.78, 5) is 11.4. The second-order valence-electron chi connectivity index (χ2n) is 5.27. The molecular weight excluding hydrogens is 252 g/mol. The van der Waals surface area contributed by atoms with Crippen molar-refractivity contribution in [2.45, 2.75) is 40.0 Å². The van der Waals surface area contributed by atoms with Gasteiger partial charge in [0.05, 0.1) is 6.61 Å². The summed E-state index contributed by atoms with van der Waals surface area (Å²) in [6.45, 7) is 6.78. The van der Waals surface area contributed by atoms with E-state index < -0.39 is 6.16 Å². The van der Waals surface area contributed by atoms with E-state index in [9.17, 15) is 4.79 Å². The maximum atomic E-state index is 11.4. The van der Waals surface area contributed by atoms with Gasteiger partial charge in [-0.25, -0.2) is 4.79 Å². The average Bonchev–Trinajstić information content (AvgIpc) is 2.39. The molecule has 0 saturated carbocycles. The molecule has 0 heterocycles. The van der Waals surface area contributed by atoms with Crippen LogP contribution in [0, 0.1) is 5.92 Å². The zero-order chi connectivity index (χ0) is 14.8. The second-order valence-corrected chi connectivity index (χ2v) is 5.27. The summed E-state index contributed by atoms with van der Waals surface area (Å²) in [5.41, 5.74) is 1.35. The maximum absolute atomic E-state index is 11.4. The minimum Gasteiger partial charge on any atom is -0.434 e. The van der Waals surface area contributed by atoms with Crippen LogP contribution >= 0.6 is 0 Å². The fourth-order valence-electron chi connectivity index (χ4n) is 1.76. The Bertz CT molecular complexity index is 419. The van der Waals surface area contributed by atoms with Gasteiger partial charge in [-0.15, -0.1) is 0 Å². The van der Waals surface area contributed by atoms with Crippen LogP contribution in [0.15, 0.2) is 42.0 Å².